The summed E-state index contributed by atoms with van der Waals surface area (Å²) in [6.45, 7) is 5.11. The van der Waals surface area contributed by atoms with Crippen LogP contribution in [0.1, 0.15) is 32.8 Å². The zero-order valence-corrected chi connectivity index (χ0v) is 15.8. The summed E-state index contributed by atoms with van der Waals surface area (Å²) in [5, 5.41) is 8.77. The van der Waals surface area contributed by atoms with Crippen molar-refractivity contribution in [2.45, 2.75) is 39.3 Å². The molecular weight excluding hydrogens is 358 g/mol. The molecule has 1 heterocycles. The van der Waals surface area contributed by atoms with E-state index in [1.807, 2.05) is 13.8 Å². The first kappa shape index (κ1) is 19.8. The molecule has 0 aromatic heterocycles. The second-order valence-electron chi connectivity index (χ2n) is 5.79. The van der Waals surface area contributed by atoms with Gasteiger partial charge in [-0.3, -0.25) is 14.5 Å². The fourth-order valence-corrected chi connectivity index (χ4v) is 3.27. The molecule has 8 heteroatoms. The molecule has 1 fully saturated rings. The van der Waals surface area contributed by atoms with Crippen LogP contribution in [0.5, 0.6) is 11.5 Å². The Kier molecular flexibility index (Phi) is 6.31. The molecule has 1 aliphatic rings. The molecule has 0 aliphatic carbocycles. The van der Waals surface area contributed by atoms with Crippen molar-refractivity contribution in [1.29, 1.82) is 0 Å². The van der Waals surface area contributed by atoms with Gasteiger partial charge in [-0.2, -0.15) is 0 Å². The third kappa shape index (κ3) is 4.01. The zero-order valence-electron chi connectivity index (χ0n) is 15.0. The van der Waals surface area contributed by atoms with E-state index in [0.717, 1.165) is 11.8 Å². The van der Waals surface area contributed by atoms with Gasteiger partial charge >= 0.3 is 5.97 Å². The molecule has 2 rings (SSSR count). The van der Waals surface area contributed by atoms with Crippen molar-refractivity contribution in [3.8, 4) is 11.5 Å². The van der Waals surface area contributed by atoms with E-state index in [0.29, 0.717) is 17.7 Å². The van der Waals surface area contributed by atoms with Gasteiger partial charge in [-0.1, -0.05) is 19.1 Å². The van der Waals surface area contributed by atoms with Crippen molar-refractivity contribution in [3.63, 3.8) is 0 Å². The van der Waals surface area contributed by atoms with Crippen LogP contribution in [0.3, 0.4) is 0 Å². The molecule has 1 aromatic carbocycles. The quantitative estimate of drug-likeness (QED) is 0.726. The first-order valence-electron chi connectivity index (χ1n) is 8.13. The topological polar surface area (TPSA) is 93.1 Å². The molecular formula is C18H21NO6S. The summed E-state index contributed by atoms with van der Waals surface area (Å²) >= 11 is 0.854. The monoisotopic (exact) mass is 379 g/mol. The fourth-order valence-electron chi connectivity index (χ4n) is 2.34. The van der Waals surface area contributed by atoms with Gasteiger partial charge in [-0.15, -0.1) is 0 Å². The van der Waals surface area contributed by atoms with Crippen LogP contribution in [0, 0.1) is 0 Å². The molecule has 0 spiro atoms. The Labute approximate surface area is 156 Å². The lowest BCUT2D eigenvalue weighted by Gasteiger charge is -2.19. The summed E-state index contributed by atoms with van der Waals surface area (Å²) in [6, 6.07) is 4.80. The number of hydrogen-bond acceptors (Lipinski definition) is 6. The minimum atomic E-state index is -1.13. The van der Waals surface area contributed by atoms with Gasteiger partial charge in [0, 0.05) is 11.6 Å². The lowest BCUT2D eigenvalue weighted by Crippen LogP contribution is -2.36. The Morgan fingerprint density at radius 3 is 2.62 bits per heavy atom. The molecule has 140 valence electrons. The minimum absolute atomic E-state index is 0.193. The predicted octanol–water partition coefficient (Wildman–Crippen LogP) is 3.38. The highest BCUT2D eigenvalue weighted by molar-refractivity contribution is 8.18. The third-order valence-electron chi connectivity index (χ3n) is 4.01. The Bertz CT molecular complexity index is 760. The lowest BCUT2D eigenvalue weighted by atomic mass is 10.1. The van der Waals surface area contributed by atoms with E-state index in [4.69, 9.17) is 14.6 Å². The van der Waals surface area contributed by atoms with Gasteiger partial charge in [0.05, 0.1) is 12.0 Å². The van der Waals surface area contributed by atoms with E-state index >= 15 is 0 Å². The zero-order chi connectivity index (χ0) is 19.4. The van der Waals surface area contributed by atoms with Crippen LogP contribution in [-0.4, -0.2) is 46.4 Å². The number of rotatable bonds is 7. The highest BCUT2D eigenvalue weighted by Gasteiger charge is 2.37. The van der Waals surface area contributed by atoms with Gasteiger partial charge in [-0.25, -0.2) is 4.79 Å². The summed E-state index contributed by atoms with van der Waals surface area (Å²) in [5.74, 6) is -0.943. The van der Waals surface area contributed by atoms with Gasteiger partial charge < -0.3 is 14.6 Å². The summed E-state index contributed by atoms with van der Waals surface area (Å²) < 4.78 is 10.7. The highest BCUT2D eigenvalue weighted by Crippen LogP contribution is 2.38. The van der Waals surface area contributed by atoms with Crippen LogP contribution < -0.4 is 9.47 Å². The molecule has 1 aromatic rings. The van der Waals surface area contributed by atoms with E-state index in [-0.39, 0.29) is 27.8 Å². The number of aliphatic carboxylic acids is 1. The van der Waals surface area contributed by atoms with Gasteiger partial charge in [0.25, 0.3) is 11.1 Å². The summed E-state index contributed by atoms with van der Waals surface area (Å²) in [6.07, 6.45) is 1.09. The van der Waals surface area contributed by atoms with E-state index < -0.39 is 12.1 Å². The molecule has 0 bridgehead atoms. The Morgan fingerprint density at radius 1 is 1.35 bits per heavy atom. The SMILES string of the molecule is CC[C@@H](C)N1C(=O)S/C(=C/c2cccc(OC)c2O[C@@H](C)C(=O)O)C1=O. The number of imide groups is 1. The number of carbonyl (C=O) groups excluding carboxylic acids is 2. The van der Waals surface area contributed by atoms with Gasteiger partial charge in [-0.05, 0) is 44.2 Å². The minimum Gasteiger partial charge on any atom is -0.493 e. The average Bonchev–Trinajstić information content (AvgIpc) is 2.89. The summed E-state index contributed by atoms with van der Waals surface area (Å²) in [7, 11) is 1.44. The maximum Gasteiger partial charge on any atom is 0.344 e. The van der Waals surface area contributed by atoms with E-state index in [2.05, 4.69) is 0 Å². The molecule has 1 aliphatic heterocycles. The van der Waals surface area contributed by atoms with Crippen molar-refractivity contribution in [3.05, 3.63) is 28.7 Å². The molecule has 1 saturated heterocycles. The number of carboxylic acids is 1. The van der Waals surface area contributed by atoms with Gasteiger partial charge in [0.15, 0.2) is 17.6 Å². The maximum absolute atomic E-state index is 12.6. The standard InChI is InChI=1S/C18H21NO6S/c1-5-10(2)19-16(20)14(26-18(19)23)9-12-7-6-8-13(24-4)15(12)25-11(3)17(21)22/h6-11H,5H2,1-4H3,(H,21,22)/b14-9+/t10-,11+/m1/s1. The number of hydrogen-bond donors (Lipinski definition) is 1. The second kappa shape index (κ2) is 8.27. The summed E-state index contributed by atoms with van der Waals surface area (Å²) in [5.41, 5.74) is 0.465. The first-order chi connectivity index (χ1) is 12.3. The average molecular weight is 379 g/mol. The Morgan fingerprint density at radius 2 is 2.04 bits per heavy atom. The number of carbonyl (C=O) groups is 3. The van der Waals surface area contributed by atoms with E-state index in [1.165, 1.54) is 25.0 Å². The first-order valence-corrected chi connectivity index (χ1v) is 8.95. The molecule has 7 nitrogen and oxygen atoms in total. The summed E-state index contributed by atoms with van der Waals surface area (Å²) in [4.78, 5) is 37.3. The molecule has 0 unspecified atom stereocenters. The number of ether oxygens (including phenoxy) is 2. The van der Waals surface area contributed by atoms with Crippen molar-refractivity contribution in [1.82, 2.24) is 4.90 Å². The van der Waals surface area contributed by atoms with Gasteiger partial charge in [0.1, 0.15) is 0 Å². The normalized spacial score (nSPS) is 18.2. The molecule has 2 atom stereocenters. The van der Waals surface area contributed by atoms with Crippen LogP contribution in [0.4, 0.5) is 4.79 Å². The Balaban J connectivity index is 2.43. The van der Waals surface area contributed by atoms with Crippen LogP contribution in [0.2, 0.25) is 0 Å². The molecule has 0 saturated carbocycles. The molecule has 1 N–H and O–H groups in total. The van der Waals surface area contributed by atoms with Crippen LogP contribution in [-0.2, 0) is 9.59 Å². The van der Waals surface area contributed by atoms with E-state index in [9.17, 15) is 14.4 Å². The van der Waals surface area contributed by atoms with Crippen molar-refractivity contribution in [2.75, 3.05) is 7.11 Å². The van der Waals surface area contributed by atoms with Crippen molar-refractivity contribution < 1.29 is 29.0 Å². The number of amides is 2. The number of methoxy groups -OCH3 is 1. The number of carboxylic acid groups (broad SMARTS) is 1. The van der Waals surface area contributed by atoms with Crippen molar-refractivity contribution >= 4 is 35.0 Å². The van der Waals surface area contributed by atoms with Crippen LogP contribution >= 0.6 is 11.8 Å². The van der Waals surface area contributed by atoms with Crippen LogP contribution in [0.25, 0.3) is 6.08 Å². The van der Waals surface area contributed by atoms with Gasteiger partial charge in [0.2, 0.25) is 0 Å². The molecule has 0 radical (unpaired) electrons. The van der Waals surface area contributed by atoms with E-state index in [1.54, 1.807) is 18.2 Å². The highest BCUT2D eigenvalue weighted by atomic mass is 32.2. The number of thioether (sulfide) groups is 1. The predicted molar refractivity (Wildman–Crippen MR) is 98.3 cm³/mol. The fraction of sp³-hybridized carbons (Fsp3) is 0.389. The number of benzene rings is 1. The second-order valence-corrected chi connectivity index (χ2v) is 6.78. The smallest absolute Gasteiger partial charge is 0.344 e. The van der Waals surface area contributed by atoms with Crippen LogP contribution in [0.15, 0.2) is 23.1 Å². The number of para-hydroxylation sites is 1. The number of nitrogens with zero attached hydrogens (tertiary/aromatic N) is 1. The molecule has 2 amide bonds. The maximum atomic E-state index is 12.6. The van der Waals surface area contributed by atoms with Crippen molar-refractivity contribution in [2.24, 2.45) is 0 Å². The molecule has 26 heavy (non-hydrogen) atoms. The largest absolute Gasteiger partial charge is 0.493 e. The third-order valence-corrected chi connectivity index (χ3v) is 4.90. The lowest BCUT2D eigenvalue weighted by molar-refractivity contribution is -0.144. The Hall–Kier alpha value is -2.48.